The van der Waals surface area contributed by atoms with Crippen LogP contribution in [0.25, 0.3) is 0 Å². The van der Waals surface area contributed by atoms with Gasteiger partial charge in [0.15, 0.2) is 0 Å². The standard InChI is InChI=1S/C14H22O3/c1-4-14(16,5-2)10-17-13-8-6-12(7-9-13)11(3)15/h6-9,11,15-16H,4-5,10H2,1-3H3/t11-/m0/s1. The van der Waals surface area contributed by atoms with Crippen LogP contribution in [0.1, 0.15) is 45.3 Å². The molecule has 0 heterocycles. The summed E-state index contributed by atoms with van der Waals surface area (Å²) >= 11 is 0. The molecular formula is C14H22O3. The van der Waals surface area contributed by atoms with Crippen molar-refractivity contribution in [3.05, 3.63) is 29.8 Å². The minimum absolute atomic E-state index is 0.300. The molecule has 3 heteroatoms. The zero-order valence-electron chi connectivity index (χ0n) is 10.8. The average Bonchev–Trinajstić information content (AvgIpc) is 2.36. The molecule has 0 aliphatic rings. The lowest BCUT2D eigenvalue weighted by Crippen LogP contribution is -2.34. The molecule has 96 valence electrons. The second kappa shape index (κ2) is 6.03. The third-order valence-corrected chi connectivity index (χ3v) is 3.19. The minimum Gasteiger partial charge on any atom is -0.491 e. The Morgan fingerprint density at radius 2 is 1.71 bits per heavy atom. The van der Waals surface area contributed by atoms with Crippen molar-refractivity contribution in [3.63, 3.8) is 0 Å². The van der Waals surface area contributed by atoms with Crippen LogP contribution in [0.4, 0.5) is 0 Å². The Morgan fingerprint density at radius 1 is 1.18 bits per heavy atom. The van der Waals surface area contributed by atoms with Crippen LogP contribution >= 0.6 is 0 Å². The van der Waals surface area contributed by atoms with Crippen molar-refractivity contribution in [2.24, 2.45) is 0 Å². The van der Waals surface area contributed by atoms with Gasteiger partial charge in [0.1, 0.15) is 12.4 Å². The molecule has 0 aliphatic carbocycles. The Balaban J connectivity index is 2.58. The molecule has 1 atom stereocenters. The Bertz CT molecular complexity index is 326. The summed E-state index contributed by atoms with van der Waals surface area (Å²) < 4.78 is 5.56. The number of aliphatic hydroxyl groups is 2. The van der Waals surface area contributed by atoms with Crippen LogP contribution < -0.4 is 4.74 Å². The predicted octanol–water partition coefficient (Wildman–Crippen LogP) is 2.67. The van der Waals surface area contributed by atoms with Gasteiger partial charge < -0.3 is 14.9 Å². The number of hydrogen-bond acceptors (Lipinski definition) is 3. The monoisotopic (exact) mass is 238 g/mol. The third-order valence-electron chi connectivity index (χ3n) is 3.19. The molecular weight excluding hydrogens is 216 g/mol. The Labute approximate surface area is 103 Å². The summed E-state index contributed by atoms with van der Waals surface area (Å²) in [4.78, 5) is 0. The van der Waals surface area contributed by atoms with E-state index < -0.39 is 11.7 Å². The fourth-order valence-electron chi connectivity index (χ4n) is 1.51. The van der Waals surface area contributed by atoms with Crippen molar-refractivity contribution in [1.82, 2.24) is 0 Å². The van der Waals surface area contributed by atoms with E-state index in [1.807, 2.05) is 38.1 Å². The van der Waals surface area contributed by atoms with Crippen LogP contribution in [0, 0.1) is 0 Å². The van der Waals surface area contributed by atoms with Gasteiger partial charge >= 0.3 is 0 Å². The van der Waals surface area contributed by atoms with Crippen LogP contribution in [0.3, 0.4) is 0 Å². The number of hydrogen-bond donors (Lipinski definition) is 2. The molecule has 0 bridgehead atoms. The van der Waals surface area contributed by atoms with Crippen molar-refractivity contribution in [3.8, 4) is 5.75 Å². The maximum absolute atomic E-state index is 10.1. The Hall–Kier alpha value is -1.06. The number of aliphatic hydroxyl groups excluding tert-OH is 1. The highest BCUT2D eigenvalue weighted by Gasteiger charge is 2.22. The smallest absolute Gasteiger partial charge is 0.119 e. The molecule has 0 spiro atoms. The molecule has 0 radical (unpaired) electrons. The van der Waals surface area contributed by atoms with E-state index >= 15 is 0 Å². The van der Waals surface area contributed by atoms with E-state index in [9.17, 15) is 10.2 Å². The summed E-state index contributed by atoms with van der Waals surface area (Å²) in [5.74, 6) is 0.717. The lowest BCUT2D eigenvalue weighted by molar-refractivity contribution is -0.0113. The normalized spacial score (nSPS) is 13.5. The molecule has 0 amide bonds. The van der Waals surface area contributed by atoms with Crippen LogP contribution in [0.2, 0.25) is 0 Å². The molecule has 2 N–H and O–H groups in total. The second-order valence-corrected chi connectivity index (χ2v) is 4.47. The molecule has 0 unspecified atom stereocenters. The summed E-state index contributed by atoms with van der Waals surface area (Å²) in [6.07, 6.45) is 0.886. The van der Waals surface area contributed by atoms with Crippen molar-refractivity contribution < 1.29 is 14.9 Å². The third kappa shape index (κ3) is 4.02. The van der Waals surface area contributed by atoms with Gasteiger partial charge in [-0.3, -0.25) is 0 Å². The number of benzene rings is 1. The first-order valence-corrected chi connectivity index (χ1v) is 6.14. The summed E-state index contributed by atoms with van der Waals surface area (Å²) in [6, 6.07) is 7.29. The van der Waals surface area contributed by atoms with Crippen LogP contribution in [0.15, 0.2) is 24.3 Å². The Morgan fingerprint density at radius 3 is 2.12 bits per heavy atom. The van der Waals surface area contributed by atoms with Crippen molar-refractivity contribution in [2.45, 2.75) is 45.3 Å². The van der Waals surface area contributed by atoms with Gasteiger partial charge in [-0.05, 0) is 37.5 Å². The maximum atomic E-state index is 10.1. The summed E-state index contributed by atoms with van der Waals surface area (Å²) in [5.41, 5.74) is 0.113. The Kier molecular flexibility index (Phi) is 4.97. The molecule has 3 nitrogen and oxygen atoms in total. The van der Waals surface area contributed by atoms with Gasteiger partial charge in [0.25, 0.3) is 0 Å². The molecule has 1 aromatic rings. The summed E-state index contributed by atoms with van der Waals surface area (Å²) in [6.45, 7) is 5.92. The number of ether oxygens (including phenoxy) is 1. The van der Waals surface area contributed by atoms with Crippen molar-refractivity contribution in [1.29, 1.82) is 0 Å². The molecule has 1 rings (SSSR count). The highest BCUT2D eigenvalue weighted by molar-refractivity contribution is 5.28. The second-order valence-electron chi connectivity index (χ2n) is 4.47. The molecule has 17 heavy (non-hydrogen) atoms. The van der Waals surface area contributed by atoms with Gasteiger partial charge in [0.05, 0.1) is 11.7 Å². The largest absolute Gasteiger partial charge is 0.491 e. The number of rotatable bonds is 6. The summed E-state index contributed by atoms with van der Waals surface area (Å²) in [7, 11) is 0. The minimum atomic E-state index is -0.747. The predicted molar refractivity (Wildman–Crippen MR) is 68.1 cm³/mol. The van der Waals surface area contributed by atoms with Crippen LogP contribution in [0.5, 0.6) is 5.75 Å². The van der Waals surface area contributed by atoms with E-state index in [4.69, 9.17) is 4.74 Å². The highest BCUT2D eigenvalue weighted by Crippen LogP contribution is 2.20. The first-order chi connectivity index (χ1) is 8.00. The first-order valence-electron chi connectivity index (χ1n) is 6.14. The lowest BCUT2D eigenvalue weighted by Gasteiger charge is -2.25. The molecule has 0 aliphatic heterocycles. The van der Waals surface area contributed by atoms with Gasteiger partial charge in [-0.1, -0.05) is 26.0 Å². The van der Waals surface area contributed by atoms with E-state index in [1.165, 1.54) is 0 Å². The van der Waals surface area contributed by atoms with Crippen molar-refractivity contribution >= 4 is 0 Å². The molecule has 1 aromatic carbocycles. The van der Waals surface area contributed by atoms with Gasteiger partial charge in [-0.2, -0.15) is 0 Å². The fraction of sp³-hybridized carbons (Fsp3) is 0.571. The van der Waals surface area contributed by atoms with Crippen molar-refractivity contribution in [2.75, 3.05) is 6.61 Å². The molecule has 0 aromatic heterocycles. The van der Waals surface area contributed by atoms with Crippen LogP contribution in [-0.4, -0.2) is 22.4 Å². The topological polar surface area (TPSA) is 49.7 Å². The van der Waals surface area contributed by atoms with E-state index in [-0.39, 0.29) is 0 Å². The zero-order chi connectivity index (χ0) is 12.9. The van der Waals surface area contributed by atoms with Gasteiger partial charge in [-0.25, -0.2) is 0 Å². The van der Waals surface area contributed by atoms with Gasteiger partial charge in [0.2, 0.25) is 0 Å². The van der Waals surface area contributed by atoms with E-state index in [0.717, 1.165) is 11.3 Å². The van der Waals surface area contributed by atoms with Gasteiger partial charge in [0, 0.05) is 0 Å². The molecule has 0 saturated heterocycles. The molecule has 0 fully saturated rings. The van der Waals surface area contributed by atoms with Gasteiger partial charge in [-0.15, -0.1) is 0 Å². The zero-order valence-corrected chi connectivity index (χ0v) is 10.8. The lowest BCUT2D eigenvalue weighted by atomic mass is 9.99. The first kappa shape index (κ1) is 14.0. The highest BCUT2D eigenvalue weighted by atomic mass is 16.5. The average molecular weight is 238 g/mol. The molecule has 0 saturated carbocycles. The quantitative estimate of drug-likeness (QED) is 0.801. The maximum Gasteiger partial charge on any atom is 0.119 e. The van der Waals surface area contributed by atoms with E-state index in [2.05, 4.69) is 0 Å². The van der Waals surface area contributed by atoms with Crippen LogP contribution in [-0.2, 0) is 0 Å². The summed E-state index contributed by atoms with van der Waals surface area (Å²) in [5, 5.41) is 19.4. The van der Waals surface area contributed by atoms with E-state index in [0.29, 0.717) is 19.4 Å². The van der Waals surface area contributed by atoms with E-state index in [1.54, 1.807) is 6.92 Å². The fourth-order valence-corrected chi connectivity index (χ4v) is 1.51. The SMILES string of the molecule is CCC(O)(CC)COc1ccc([C@H](C)O)cc1.